The molecule has 1 aromatic heterocycles. The Labute approximate surface area is 121 Å². The molecule has 0 bridgehead atoms. The summed E-state index contributed by atoms with van der Waals surface area (Å²) in [4.78, 5) is 0. The van der Waals surface area contributed by atoms with Crippen molar-refractivity contribution in [2.45, 2.75) is 12.7 Å². The molecule has 0 spiro atoms. The normalized spacial score (nSPS) is 14.4. The summed E-state index contributed by atoms with van der Waals surface area (Å²) in [6, 6.07) is 8.70. The highest BCUT2D eigenvalue weighted by Crippen LogP contribution is 2.35. The summed E-state index contributed by atoms with van der Waals surface area (Å²) >= 11 is 0. The van der Waals surface area contributed by atoms with E-state index in [0.29, 0.717) is 28.6 Å². The number of furan rings is 1. The van der Waals surface area contributed by atoms with Gasteiger partial charge in [0, 0.05) is 0 Å². The van der Waals surface area contributed by atoms with Gasteiger partial charge in [0.25, 0.3) is 0 Å². The van der Waals surface area contributed by atoms with Gasteiger partial charge < -0.3 is 28.8 Å². The zero-order valence-electron chi connectivity index (χ0n) is 11.3. The second-order valence-electron chi connectivity index (χ2n) is 4.60. The number of hydrogen-bond acceptors (Lipinski definition) is 6. The van der Waals surface area contributed by atoms with Gasteiger partial charge in [-0.2, -0.15) is 0 Å². The highest BCUT2D eigenvalue weighted by molar-refractivity contribution is 5.46. The lowest BCUT2D eigenvalue weighted by Crippen LogP contribution is -1.99. The fraction of sp³-hybridized carbons (Fsp3) is 0.333. The summed E-state index contributed by atoms with van der Waals surface area (Å²) < 4.78 is 21.2. The average molecular weight is 292 g/mol. The molecule has 0 radical (unpaired) electrons. The standard InChI is InChI=1S/C15H16O6/c16-5-6-18-8-11-2-4-13(21-11)15(17)10-1-3-12-14(7-10)20-9-19-12/h1-4,7,15-17H,5-6,8-9H2. The van der Waals surface area contributed by atoms with Crippen LogP contribution in [-0.4, -0.2) is 30.2 Å². The van der Waals surface area contributed by atoms with Crippen LogP contribution in [-0.2, 0) is 11.3 Å². The molecule has 2 N–H and O–H groups in total. The Hall–Kier alpha value is -2.02. The second kappa shape index (κ2) is 6.17. The number of benzene rings is 1. The lowest BCUT2D eigenvalue weighted by atomic mass is 10.1. The first-order valence-corrected chi connectivity index (χ1v) is 6.63. The van der Waals surface area contributed by atoms with E-state index in [4.69, 9.17) is 23.7 Å². The molecule has 0 fully saturated rings. The van der Waals surface area contributed by atoms with Gasteiger partial charge in [0.15, 0.2) is 11.5 Å². The predicted molar refractivity (Wildman–Crippen MR) is 72.1 cm³/mol. The van der Waals surface area contributed by atoms with E-state index in [0.717, 1.165) is 0 Å². The van der Waals surface area contributed by atoms with Crippen LogP contribution >= 0.6 is 0 Å². The first-order chi connectivity index (χ1) is 10.3. The van der Waals surface area contributed by atoms with Gasteiger partial charge in [-0.1, -0.05) is 6.07 Å². The number of hydrogen-bond donors (Lipinski definition) is 2. The molecule has 0 amide bonds. The first-order valence-electron chi connectivity index (χ1n) is 6.63. The van der Waals surface area contributed by atoms with Crippen molar-refractivity contribution in [3.63, 3.8) is 0 Å². The van der Waals surface area contributed by atoms with Gasteiger partial charge in [-0.25, -0.2) is 0 Å². The van der Waals surface area contributed by atoms with Crippen LogP contribution in [0.25, 0.3) is 0 Å². The Bertz CT molecular complexity index is 606. The minimum atomic E-state index is -0.883. The van der Waals surface area contributed by atoms with E-state index >= 15 is 0 Å². The molecule has 6 nitrogen and oxygen atoms in total. The monoisotopic (exact) mass is 292 g/mol. The Balaban J connectivity index is 1.71. The molecule has 0 aliphatic carbocycles. The lowest BCUT2D eigenvalue weighted by molar-refractivity contribution is 0.0690. The Morgan fingerprint density at radius 3 is 2.86 bits per heavy atom. The summed E-state index contributed by atoms with van der Waals surface area (Å²) in [5, 5.41) is 19.0. The number of fused-ring (bicyclic) bond motifs is 1. The Kier molecular flexibility index (Phi) is 4.10. The van der Waals surface area contributed by atoms with Crippen molar-refractivity contribution in [2.75, 3.05) is 20.0 Å². The zero-order valence-corrected chi connectivity index (χ0v) is 11.3. The maximum atomic E-state index is 10.3. The van der Waals surface area contributed by atoms with Gasteiger partial charge >= 0.3 is 0 Å². The van der Waals surface area contributed by atoms with E-state index in [1.165, 1.54) is 0 Å². The van der Waals surface area contributed by atoms with E-state index in [9.17, 15) is 5.11 Å². The van der Waals surface area contributed by atoms with Crippen molar-refractivity contribution < 1.29 is 28.8 Å². The molecular weight excluding hydrogens is 276 g/mol. The number of aliphatic hydroxyl groups is 2. The van der Waals surface area contributed by atoms with Gasteiger partial charge in [-0.05, 0) is 29.8 Å². The SMILES string of the molecule is OCCOCc1ccc(C(O)c2ccc3c(c2)OCO3)o1. The van der Waals surface area contributed by atoms with Crippen LogP contribution in [0.15, 0.2) is 34.7 Å². The van der Waals surface area contributed by atoms with Gasteiger partial charge in [-0.3, -0.25) is 0 Å². The smallest absolute Gasteiger partial charge is 0.231 e. The summed E-state index contributed by atoms with van der Waals surface area (Å²) in [5.74, 6) is 2.31. The van der Waals surface area contributed by atoms with E-state index < -0.39 is 6.10 Å². The van der Waals surface area contributed by atoms with Crippen LogP contribution in [0.1, 0.15) is 23.2 Å². The molecule has 2 aromatic rings. The summed E-state index contributed by atoms with van der Waals surface area (Å²) in [7, 11) is 0. The lowest BCUT2D eigenvalue weighted by Gasteiger charge is -2.09. The zero-order chi connectivity index (χ0) is 14.7. The van der Waals surface area contributed by atoms with Crippen molar-refractivity contribution >= 4 is 0 Å². The van der Waals surface area contributed by atoms with Crippen molar-refractivity contribution in [1.82, 2.24) is 0 Å². The fourth-order valence-electron chi connectivity index (χ4n) is 2.10. The van der Waals surface area contributed by atoms with E-state index in [2.05, 4.69) is 0 Å². The van der Waals surface area contributed by atoms with Crippen LogP contribution in [0, 0.1) is 0 Å². The molecule has 1 atom stereocenters. The average Bonchev–Trinajstić information content (AvgIpc) is 3.15. The Morgan fingerprint density at radius 2 is 2.00 bits per heavy atom. The molecule has 1 aromatic carbocycles. The van der Waals surface area contributed by atoms with Crippen LogP contribution in [0.4, 0.5) is 0 Å². The topological polar surface area (TPSA) is 81.3 Å². The first kappa shape index (κ1) is 13.9. The van der Waals surface area contributed by atoms with Crippen molar-refractivity contribution in [3.05, 3.63) is 47.4 Å². The minimum absolute atomic E-state index is 0.0343. The molecule has 112 valence electrons. The quantitative estimate of drug-likeness (QED) is 0.787. The highest BCUT2D eigenvalue weighted by atomic mass is 16.7. The third kappa shape index (κ3) is 3.02. The largest absolute Gasteiger partial charge is 0.460 e. The van der Waals surface area contributed by atoms with Crippen LogP contribution in [0.2, 0.25) is 0 Å². The van der Waals surface area contributed by atoms with Gasteiger partial charge in [0.2, 0.25) is 6.79 Å². The number of aliphatic hydroxyl groups excluding tert-OH is 2. The van der Waals surface area contributed by atoms with Crippen LogP contribution in [0.3, 0.4) is 0 Å². The molecule has 1 aliphatic rings. The molecule has 1 aliphatic heterocycles. The predicted octanol–water partition coefficient (Wildman–Crippen LogP) is 1.60. The summed E-state index contributed by atoms with van der Waals surface area (Å²) in [5.41, 5.74) is 0.663. The van der Waals surface area contributed by atoms with Gasteiger partial charge in [0.05, 0.1) is 13.2 Å². The van der Waals surface area contributed by atoms with E-state index in [1.807, 2.05) is 0 Å². The van der Waals surface area contributed by atoms with Crippen LogP contribution in [0.5, 0.6) is 11.5 Å². The number of rotatable bonds is 6. The van der Waals surface area contributed by atoms with Crippen molar-refractivity contribution in [2.24, 2.45) is 0 Å². The molecule has 0 saturated carbocycles. The molecule has 1 unspecified atom stereocenters. The second-order valence-corrected chi connectivity index (χ2v) is 4.60. The van der Waals surface area contributed by atoms with E-state index in [-0.39, 0.29) is 26.6 Å². The maximum absolute atomic E-state index is 10.3. The van der Waals surface area contributed by atoms with Gasteiger partial charge in [0.1, 0.15) is 24.2 Å². The molecule has 3 rings (SSSR count). The van der Waals surface area contributed by atoms with Gasteiger partial charge in [-0.15, -0.1) is 0 Å². The van der Waals surface area contributed by atoms with Crippen molar-refractivity contribution in [1.29, 1.82) is 0 Å². The Morgan fingerprint density at radius 1 is 1.14 bits per heavy atom. The third-order valence-corrected chi connectivity index (χ3v) is 3.14. The molecule has 0 saturated heterocycles. The molecule has 6 heteroatoms. The maximum Gasteiger partial charge on any atom is 0.231 e. The molecule has 21 heavy (non-hydrogen) atoms. The van der Waals surface area contributed by atoms with Crippen molar-refractivity contribution in [3.8, 4) is 11.5 Å². The summed E-state index contributed by atoms with van der Waals surface area (Å²) in [6.07, 6.45) is -0.883. The van der Waals surface area contributed by atoms with Crippen LogP contribution < -0.4 is 9.47 Å². The van der Waals surface area contributed by atoms with E-state index in [1.54, 1.807) is 30.3 Å². The highest BCUT2D eigenvalue weighted by Gasteiger charge is 2.19. The molecular formula is C15H16O6. The fourth-order valence-corrected chi connectivity index (χ4v) is 2.10. The molecule has 2 heterocycles. The third-order valence-electron chi connectivity index (χ3n) is 3.14. The summed E-state index contributed by atoms with van der Waals surface area (Å²) in [6.45, 7) is 0.671. The number of ether oxygens (including phenoxy) is 3. The minimum Gasteiger partial charge on any atom is -0.460 e.